The van der Waals surface area contributed by atoms with Crippen molar-refractivity contribution in [2.24, 2.45) is 0 Å². The van der Waals surface area contributed by atoms with E-state index in [0.717, 1.165) is 16.7 Å². The van der Waals surface area contributed by atoms with E-state index in [1.165, 1.54) is 13.0 Å². The summed E-state index contributed by atoms with van der Waals surface area (Å²) in [5.41, 5.74) is 4.04. The molecule has 0 aliphatic rings. The molecule has 0 unspecified atom stereocenters. The summed E-state index contributed by atoms with van der Waals surface area (Å²) in [7, 11) is 1.60. The van der Waals surface area contributed by atoms with Crippen LogP contribution < -0.4 is 15.4 Å². The van der Waals surface area contributed by atoms with Gasteiger partial charge in [-0.25, -0.2) is 0 Å². The molecule has 25 heavy (non-hydrogen) atoms. The van der Waals surface area contributed by atoms with Crippen LogP contribution in [0, 0.1) is 13.8 Å². The van der Waals surface area contributed by atoms with Crippen LogP contribution in [0.1, 0.15) is 23.6 Å². The number of ether oxygens (including phenoxy) is 1. The van der Waals surface area contributed by atoms with Gasteiger partial charge in [-0.3, -0.25) is 9.59 Å². The summed E-state index contributed by atoms with van der Waals surface area (Å²) < 4.78 is 5.30. The van der Waals surface area contributed by atoms with E-state index in [1.54, 1.807) is 31.4 Å². The van der Waals surface area contributed by atoms with Gasteiger partial charge in [-0.05, 0) is 49.8 Å². The molecule has 0 radical (unpaired) electrons. The number of hydrogen-bond donors (Lipinski definition) is 2. The molecule has 0 spiro atoms. The van der Waals surface area contributed by atoms with Gasteiger partial charge in [-0.15, -0.1) is 0 Å². The van der Waals surface area contributed by atoms with Crippen molar-refractivity contribution in [2.75, 3.05) is 17.7 Å². The summed E-state index contributed by atoms with van der Waals surface area (Å²) in [6, 6.07) is 11.1. The molecule has 0 aliphatic carbocycles. The van der Waals surface area contributed by atoms with Crippen LogP contribution in [0.15, 0.2) is 42.5 Å². The highest BCUT2D eigenvalue weighted by Gasteiger charge is 2.07. The Balaban J connectivity index is 2.15. The first-order chi connectivity index (χ1) is 11.9. The fraction of sp³-hybridized carbons (Fsp3) is 0.200. The molecule has 0 saturated heterocycles. The second-order valence-corrected chi connectivity index (χ2v) is 5.73. The van der Waals surface area contributed by atoms with Crippen molar-refractivity contribution in [3.8, 4) is 5.75 Å². The van der Waals surface area contributed by atoms with Crippen LogP contribution in [0.4, 0.5) is 11.4 Å². The van der Waals surface area contributed by atoms with Gasteiger partial charge in [-0.2, -0.15) is 0 Å². The van der Waals surface area contributed by atoms with Gasteiger partial charge in [0, 0.05) is 29.9 Å². The van der Waals surface area contributed by atoms with Crippen molar-refractivity contribution in [3.63, 3.8) is 0 Å². The molecule has 2 aromatic carbocycles. The molecule has 0 aromatic heterocycles. The Bertz CT molecular complexity index is 826. The Morgan fingerprint density at radius 2 is 1.72 bits per heavy atom. The SMILES string of the molecule is COc1ccc(C)cc1/C=C/C(=O)Nc1cccc(NC(C)=O)c1C. The summed E-state index contributed by atoms with van der Waals surface area (Å²) in [4.78, 5) is 23.5. The van der Waals surface area contributed by atoms with Crippen LogP contribution in [0.3, 0.4) is 0 Å². The molecule has 0 heterocycles. The molecule has 2 aromatic rings. The molecule has 0 atom stereocenters. The predicted molar refractivity (Wildman–Crippen MR) is 101 cm³/mol. The Labute approximate surface area is 147 Å². The van der Waals surface area contributed by atoms with Crippen molar-refractivity contribution in [1.29, 1.82) is 0 Å². The number of rotatable bonds is 5. The third-order valence-electron chi connectivity index (χ3n) is 3.70. The largest absolute Gasteiger partial charge is 0.496 e. The number of benzene rings is 2. The second-order valence-electron chi connectivity index (χ2n) is 5.73. The van der Waals surface area contributed by atoms with Crippen molar-refractivity contribution < 1.29 is 14.3 Å². The summed E-state index contributed by atoms with van der Waals surface area (Å²) in [5.74, 6) is 0.295. The van der Waals surface area contributed by atoms with Crippen molar-refractivity contribution in [1.82, 2.24) is 0 Å². The Hall–Kier alpha value is -3.08. The molecule has 2 amide bonds. The van der Waals surface area contributed by atoms with E-state index in [0.29, 0.717) is 17.1 Å². The van der Waals surface area contributed by atoms with E-state index in [2.05, 4.69) is 10.6 Å². The topological polar surface area (TPSA) is 67.4 Å². The molecule has 5 nitrogen and oxygen atoms in total. The van der Waals surface area contributed by atoms with Crippen LogP contribution in [-0.2, 0) is 9.59 Å². The lowest BCUT2D eigenvalue weighted by atomic mass is 10.1. The number of aryl methyl sites for hydroxylation is 1. The minimum absolute atomic E-state index is 0.155. The van der Waals surface area contributed by atoms with Gasteiger partial charge in [0.15, 0.2) is 0 Å². The maximum atomic E-state index is 12.2. The predicted octanol–water partition coefficient (Wildman–Crippen LogP) is 3.92. The fourth-order valence-electron chi connectivity index (χ4n) is 2.42. The summed E-state index contributed by atoms with van der Waals surface area (Å²) >= 11 is 0. The minimum Gasteiger partial charge on any atom is -0.496 e. The quantitative estimate of drug-likeness (QED) is 0.812. The van der Waals surface area contributed by atoms with E-state index in [1.807, 2.05) is 32.0 Å². The highest BCUT2D eigenvalue weighted by atomic mass is 16.5. The third-order valence-corrected chi connectivity index (χ3v) is 3.70. The van der Waals surface area contributed by atoms with Gasteiger partial charge in [0.2, 0.25) is 11.8 Å². The average molecular weight is 338 g/mol. The van der Waals surface area contributed by atoms with E-state index in [4.69, 9.17) is 4.74 Å². The van der Waals surface area contributed by atoms with Gasteiger partial charge < -0.3 is 15.4 Å². The zero-order chi connectivity index (χ0) is 18.4. The van der Waals surface area contributed by atoms with E-state index in [9.17, 15) is 9.59 Å². The lowest BCUT2D eigenvalue weighted by Gasteiger charge is -2.11. The fourth-order valence-corrected chi connectivity index (χ4v) is 2.42. The molecule has 0 fully saturated rings. The van der Waals surface area contributed by atoms with E-state index in [-0.39, 0.29) is 11.8 Å². The van der Waals surface area contributed by atoms with Crippen LogP contribution in [0.5, 0.6) is 5.75 Å². The number of nitrogens with one attached hydrogen (secondary N) is 2. The first-order valence-corrected chi connectivity index (χ1v) is 7.91. The number of anilines is 2. The number of carbonyl (C=O) groups is 2. The molecular weight excluding hydrogens is 316 g/mol. The maximum absolute atomic E-state index is 12.2. The molecular formula is C20H22N2O3. The standard InChI is InChI=1S/C20H22N2O3/c1-13-8-10-19(25-4)16(12-13)9-11-20(24)22-18-7-5-6-17(14(18)2)21-15(3)23/h5-12H,1-4H3,(H,21,23)(H,22,24)/b11-9+. The summed E-state index contributed by atoms with van der Waals surface area (Å²) in [5, 5.41) is 5.57. The molecule has 5 heteroatoms. The van der Waals surface area contributed by atoms with E-state index < -0.39 is 0 Å². The monoisotopic (exact) mass is 338 g/mol. The van der Waals surface area contributed by atoms with Crippen LogP contribution in [0.2, 0.25) is 0 Å². The van der Waals surface area contributed by atoms with Crippen LogP contribution in [-0.4, -0.2) is 18.9 Å². The average Bonchev–Trinajstić information content (AvgIpc) is 2.56. The number of hydrogen-bond acceptors (Lipinski definition) is 3. The number of amides is 2. The normalized spacial score (nSPS) is 10.6. The first-order valence-electron chi connectivity index (χ1n) is 7.91. The molecule has 0 saturated carbocycles. The van der Waals surface area contributed by atoms with Gasteiger partial charge >= 0.3 is 0 Å². The minimum atomic E-state index is -0.258. The summed E-state index contributed by atoms with van der Waals surface area (Å²) in [6.45, 7) is 5.27. The first kappa shape index (κ1) is 18.3. The Kier molecular flexibility index (Phi) is 5.95. The van der Waals surface area contributed by atoms with Crippen LogP contribution >= 0.6 is 0 Å². The smallest absolute Gasteiger partial charge is 0.248 e. The zero-order valence-electron chi connectivity index (χ0n) is 14.8. The number of carbonyl (C=O) groups excluding carboxylic acids is 2. The van der Waals surface area contributed by atoms with Gasteiger partial charge in [-0.1, -0.05) is 17.7 Å². The van der Waals surface area contributed by atoms with Gasteiger partial charge in [0.25, 0.3) is 0 Å². The maximum Gasteiger partial charge on any atom is 0.248 e. The van der Waals surface area contributed by atoms with Crippen molar-refractivity contribution in [2.45, 2.75) is 20.8 Å². The molecule has 0 aliphatic heterocycles. The van der Waals surface area contributed by atoms with Crippen molar-refractivity contribution in [3.05, 3.63) is 59.2 Å². The van der Waals surface area contributed by atoms with Crippen molar-refractivity contribution >= 4 is 29.3 Å². The lowest BCUT2D eigenvalue weighted by molar-refractivity contribution is -0.114. The molecule has 2 N–H and O–H groups in total. The van der Waals surface area contributed by atoms with E-state index >= 15 is 0 Å². The van der Waals surface area contributed by atoms with Crippen LogP contribution in [0.25, 0.3) is 6.08 Å². The Morgan fingerprint density at radius 3 is 2.36 bits per heavy atom. The molecule has 0 bridgehead atoms. The highest BCUT2D eigenvalue weighted by Crippen LogP contribution is 2.24. The lowest BCUT2D eigenvalue weighted by Crippen LogP contribution is -2.12. The van der Waals surface area contributed by atoms with Gasteiger partial charge in [0.05, 0.1) is 7.11 Å². The summed E-state index contributed by atoms with van der Waals surface area (Å²) in [6.07, 6.45) is 3.18. The Morgan fingerprint density at radius 1 is 1.04 bits per heavy atom. The van der Waals surface area contributed by atoms with Gasteiger partial charge in [0.1, 0.15) is 5.75 Å². The molecule has 2 rings (SSSR count). The number of methoxy groups -OCH3 is 1. The zero-order valence-corrected chi connectivity index (χ0v) is 14.8. The third kappa shape index (κ3) is 4.94. The second kappa shape index (κ2) is 8.15. The highest BCUT2D eigenvalue weighted by molar-refractivity contribution is 6.03. The molecule has 130 valence electrons.